The molecule has 0 spiro atoms. The Hall–Kier alpha value is -1.24. The molecule has 3 unspecified atom stereocenters. The fourth-order valence-corrected chi connectivity index (χ4v) is 2.73. The largest absolute Gasteiger partial charge is 0.331 e. The lowest BCUT2D eigenvalue weighted by Gasteiger charge is -2.34. The lowest BCUT2D eigenvalue weighted by molar-refractivity contribution is -0.144. The Balaban J connectivity index is 2.80. The van der Waals surface area contributed by atoms with E-state index in [9.17, 15) is 18.6 Å². The Morgan fingerprint density at radius 1 is 1.37 bits per heavy atom. The molecule has 1 N–H and O–H groups in total. The quantitative estimate of drug-likeness (QED) is 0.727. The van der Waals surface area contributed by atoms with Crippen LogP contribution >= 0.6 is 0 Å². The third-order valence-corrected chi connectivity index (χ3v) is 3.95. The van der Waals surface area contributed by atoms with Crippen molar-refractivity contribution in [2.75, 3.05) is 12.0 Å². The Labute approximate surface area is 115 Å². The monoisotopic (exact) mass is 288 g/mol. The van der Waals surface area contributed by atoms with E-state index in [1.54, 1.807) is 13.2 Å². The van der Waals surface area contributed by atoms with Gasteiger partial charge in [-0.3, -0.25) is 24.0 Å². The highest BCUT2D eigenvalue weighted by molar-refractivity contribution is 7.84. The molecule has 1 aliphatic heterocycles. The molecule has 1 heterocycles. The molecule has 0 bridgehead atoms. The van der Waals surface area contributed by atoms with E-state index in [0.717, 1.165) is 4.90 Å². The molecule has 0 radical (unpaired) electrons. The minimum absolute atomic E-state index is 0.358. The van der Waals surface area contributed by atoms with Crippen LogP contribution in [-0.4, -0.2) is 45.0 Å². The fourth-order valence-electron chi connectivity index (χ4n) is 2.06. The van der Waals surface area contributed by atoms with Crippen LogP contribution in [0.1, 0.15) is 33.1 Å². The highest BCUT2D eigenvalue weighted by Crippen LogP contribution is 2.19. The van der Waals surface area contributed by atoms with Crippen molar-refractivity contribution in [2.45, 2.75) is 39.2 Å². The molecule has 0 aliphatic carbocycles. The second kappa shape index (κ2) is 6.79. The number of rotatable bonds is 6. The van der Waals surface area contributed by atoms with Gasteiger partial charge in [0.15, 0.2) is 0 Å². The molecule has 1 fully saturated rings. The van der Waals surface area contributed by atoms with Gasteiger partial charge in [0.1, 0.15) is 5.92 Å². The number of amides is 4. The van der Waals surface area contributed by atoms with Gasteiger partial charge in [0.05, 0.1) is 0 Å². The average Bonchev–Trinajstić information content (AvgIpc) is 2.31. The number of hydrogen-bond donors (Lipinski definition) is 1. The number of imide groups is 2. The predicted molar refractivity (Wildman–Crippen MR) is 71.8 cm³/mol. The first-order valence-corrected chi connectivity index (χ1v) is 8.09. The van der Waals surface area contributed by atoms with E-state index in [-0.39, 0.29) is 6.04 Å². The van der Waals surface area contributed by atoms with Gasteiger partial charge in [0, 0.05) is 28.9 Å². The minimum atomic E-state index is -0.969. The van der Waals surface area contributed by atoms with E-state index in [1.807, 2.05) is 6.92 Å². The molecular weight excluding hydrogens is 268 g/mol. The first-order valence-electron chi connectivity index (χ1n) is 6.36. The van der Waals surface area contributed by atoms with Crippen LogP contribution in [0.5, 0.6) is 0 Å². The number of nitrogens with zero attached hydrogens (tertiary/aromatic N) is 1. The summed E-state index contributed by atoms with van der Waals surface area (Å²) < 4.78 is 11.1. The van der Waals surface area contributed by atoms with Crippen LogP contribution < -0.4 is 5.32 Å². The third-order valence-electron chi connectivity index (χ3n) is 3.14. The van der Waals surface area contributed by atoms with Crippen molar-refractivity contribution in [1.29, 1.82) is 0 Å². The highest BCUT2D eigenvalue weighted by atomic mass is 32.2. The van der Waals surface area contributed by atoms with Gasteiger partial charge in [0.25, 0.3) is 0 Å². The van der Waals surface area contributed by atoms with E-state index >= 15 is 0 Å². The Morgan fingerprint density at radius 2 is 2.00 bits per heavy atom. The summed E-state index contributed by atoms with van der Waals surface area (Å²) in [5, 5.41) is 2.21. The normalized spacial score (nSPS) is 23.2. The first-order chi connectivity index (χ1) is 8.88. The van der Waals surface area contributed by atoms with Crippen molar-refractivity contribution in [1.82, 2.24) is 10.2 Å². The number of carbonyl (C=O) groups is 3. The van der Waals surface area contributed by atoms with Gasteiger partial charge in [-0.25, -0.2) is 4.79 Å². The predicted octanol–water partition coefficient (Wildman–Crippen LogP) is 0.638. The molecule has 0 saturated carbocycles. The van der Waals surface area contributed by atoms with E-state index < -0.39 is 34.6 Å². The second-order valence-corrected chi connectivity index (χ2v) is 6.31. The van der Waals surface area contributed by atoms with Crippen LogP contribution in [0.2, 0.25) is 0 Å². The van der Waals surface area contributed by atoms with Gasteiger partial charge in [-0.05, 0) is 19.8 Å². The molecule has 0 aromatic heterocycles. The van der Waals surface area contributed by atoms with E-state index in [2.05, 4.69) is 5.32 Å². The molecule has 3 atom stereocenters. The van der Waals surface area contributed by atoms with Crippen molar-refractivity contribution < 1.29 is 18.6 Å². The molecule has 0 aromatic carbocycles. The van der Waals surface area contributed by atoms with Gasteiger partial charge >= 0.3 is 6.03 Å². The van der Waals surface area contributed by atoms with Gasteiger partial charge in [-0.15, -0.1) is 0 Å². The zero-order valence-corrected chi connectivity index (χ0v) is 12.3. The molecule has 108 valence electrons. The molecule has 1 aliphatic rings. The maximum atomic E-state index is 12.2. The summed E-state index contributed by atoms with van der Waals surface area (Å²) in [7, 11) is -0.969. The van der Waals surface area contributed by atoms with Crippen molar-refractivity contribution in [2.24, 2.45) is 5.92 Å². The number of carbonyl (C=O) groups excluding carboxylic acids is 3. The minimum Gasteiger partial charge on any atom is -0.277 e. The summed E-state index contributed by atoms with van der Waals surface area (Å²) in [4.78, 5) is 36.6. The number of nitrogens with one attached hydrogen (secondary N) is 1. The van der Waals surface area contributed by atoms with Crippen LogP contribution in [0.25, 0.3) is 0 Å². The Bertz CT molecular complexity index is 411. The SMILES string of the molecule is CCCC1C(=O)NC(=O)N(C(C)CCS(C)=O)C1=O. The van der Waals surface area contributed by atoms with Crippen LogP contribution in [0.3, 0.4) is 0 Å². The van der Waals surface area contributed by atoms with Crippen molar-refractivity contribution in [3.8, 4) is 0 Å². The van der Waals surface area contributed by atoms with Gasteiger partial charge < -0.3 is 0 Å². The van der Waals surface area contributed by atoms with Crippen LogP contribution in [0.15, 0.2) is 0 Å². The molecule has 6 nitrogen and oxygen atoms in total. The van der Waals surface area contributed by atoms with Crippen LogP contribution in [0.4, 0.5) is 4.79 Å². The standard InChI is InChI=1S/C12H20N2O4S/c1-4-5-9-10(15)13-12(17)14(11(9)16)8(2)6-7-19(3)18/h8-9H,4-7H2,1-3H3,(H,13,15,17). The zero-order valence-electron chi connectivity index (χ0n) is 11.5. The molecule has 1 saturated heterocycles. The first kappa shape index (κ1) is 15.8. The average molecular weight is 288 g/mol. The number of barbiturate groups is 1. The third kappa shape index (κ3) is 3.86. The van der Waals surface area contributed by atoms with Crippen LogP contribution in [-0.2, 0) is 20.4 Å². The highest BCUT2D eigenvalue weighted by Gasteiger charge is 2.41. The molecule has 4 amide bonds. The molecule has 0 aromatic rings. The summed E-state index contributed by atoms with van der Waals surface area (Å²) in [6, 6.07) is -1.03. The summed E-state index contributed by atoms with van der Waals surface area (Å²) >= 11 is 0. The Morgan fingerprint density at radius 3 is 2.53 bits per heavy atom. The Kier molecular flexibility index (Phi) is 5.65. The lowest BCUT2D eigenvalue weighted by atomic mass is 9.98. The topological polar surface area (TPSA) is 83.6 Å². The van der Waals surface area contributed by atoms with E-state index in [0.29, 0.717) is 25.0 Å². The van der Waals surface area contributed by atoms with Crippen molar-refractivity contribution >= 4 is 28.6 Å². The van der Waals surface area contributed by atoms with Crippen molar-refractivity contribution in [3.05, 3.63) is 0 Å². The smallest absolute Gasteiger partial charge is 0.277 e. The van der Waals surface area contributed by atoms with E-state index in [1.165, 1.54) is 0 Å². The van der Waals surface area contributed by atoms with Crippen molar-refractivity contribution in [3.63, 3.8) is 0 Å². The maximum absolute atomic E-state index is 12.2. The molecule has 1 rings (SSSR count). The molecular formula is C12H20N2O4S. The second-order valence-electron chi connectivity index (χ2n) is 4.76. The molecule has 19 heavy (non-hydrogen) atoms. The van der Waals surface area contributed by atoms with E-state index in [4.69, 9.17) is 0 Å². The zero-order chi connectivity index (χ0) is 14.6. The summed E-state index contributed by atoms with van der Waals surface area (Å²) in [6.07, 6.45) is 3.17. The summed E-state index contributed by atoms with van der Waals surface area (Å²) in [5.74, 6) is -1.31. The number of hydrogen-bond acceptors (Lipinski definition) is 4. The maximum Gasteiger partial charge on any atom is 0.331 e. The van der Waals surface area contributed by atoms with Crippen LogP contribution in [0, 0.1) is 5.92 Å². The lowest BCUT2D eigenvalue weighted by Crippen LogP contribution is -2.60. The summed E-state index contributed by atoms with van der Waals surface area (Å²) in [5.41, 5.74) is 0. The fraction of sp³-hybridized carbons (Fsp3) is 0.750. The van der Waals surface area contributed by atoms with Gasteiger partial charge in [-0.1, -0.05) is 13.3 Å². The number of urea groups is 1. The van der Waals surface area contributed by atoms with Gasteiger partial charge in [0.2, 0.25) is 11.8 Å². The summed E-state index contributed by atoms with van der Waals surface area (Å²) in [6.45, 7) is 3.61. The molecule has 7 heteroatoms. The van der Waals surface area contributed by atoms with Gasteiger partial charge in [-0.2, -0.15) is 0 Å².